The zero-order chi connectivity index (χ0) is 22.3. The molecule has 0 saturated heterocycles. The van der Waals surface area contributed by atoms with Crippen LogP contribution in [0.5, 0.6) is 0 Å². The second kappa shape index (κ2) is 10.3. The van der Waals surface area contributed by atoms with E-state index in [-0.39, 0.29) is 10.8 Å². The van der Waals surface area contributed by atoms with Crippen LogP contribution >= 0.6 is 0 Å². The maximum atomic E-state index is 12.8. The van der Waals surface area contributed by atoms with Gasteiger partial charge in [-0.15, -0.1) is 0 Å². The van der Waals surface area contributed by atoms with E-state index in [0.717, 1.165) is 11.3 Å². The molecule has 1 heterocycles. The number of carbonyl (C=O) groups is 1. The highest BCUT2D eigenvalue weighted by Crippen LogP contribution is 2.22. The molecule has 0 aliphatic rings. The zero-order valence-electron chi connectivity index (χ0n) is 17.6. The Labute approximate surface area is 182 Å². The Morgan fingerprint density at radius 3 is 2.42 bits per heavy atom. The molecule has 0 spiro atoms. The predicted octanol–water partition coefficient (Wildman–Crippen LogP) is 3.75. The molecule has 2 aromatic carbocycles. The van der Waals surface area contributed by atoms with Crippen LogP contribution in [0.1, 0.15) is 28.1 Å². The fraction of sp³-hybridized carbons (Fsp3) is 0.261. The van der Waals surface area contributed by atoms with Crippen molar-refractivity contribution in [2.24, 2.45) is 0 Å². The van der Waals surface area contributed by atoms with Gasteiger partial charge >= 0.3 is 0 Å². The fourth-order valence-corrected chi connectivity index (χ4v) is 4.07. The van der Waals surface area contributed by atoms with E-state index < -0.39 is 10.0 Å². The maximum absolute atomic E-state index is 12.8. The van der Waals surface area contributed by atoms with Crippen LogP contribution in [0.25, 0.3) is 0 Å². The number of hydrogen-bond acceptors (Lipinski definition) is 5. The van der Waals surface area contributed by atoms with Crippen molar-refractivity contribution >= 4 is 21.6 Å². The largest absolute Gasteiger partial charge is 0.467 e. The molecule has 0 unspecified atom stereocenters. The molecule has 0 aliphatic heterocycles. The summed E-state index contributed by atoms with van der Waals surface area (Å²) in [6.07, 6.45) is 2.27. The first-order valence-electron chi connectivity index (χ1n) is 9.92. The Bertz CT molecular complexity index is 1080. The van der Waals surface area contributed by atoms with Gasteiger partial charge in [-0.3, -0.25) is 9.10 Å². The third kappa shape index (κ3) is 5.96. The quantitative estimate of drug-likeness (QED) is 0.483. The van der Waals surface area contributed by atoms with Crippen LogP contribution in [0.4, 0.5) is 5.69 Å². The number of benzene rings is 2. The molecule has 0 atom stereocenters. The molecule has 7 nitrogen and oxygen atoms in total. The Kier molecular flexibility index (Phi) is 7.49. The van der Waals surface area contributed by atoms with E-state index in [2.05, 4.69) is 5.32 Å². The number of rotatable bonds is 10. The first kappa shape index (κ1) is 22.6. The molecule has 3 rings (SSSR count). The number of ether oxygens (including phenoxy) is 1. The average Bonchev–Trinajstić information content (AvgIpc) is 3.29. The van der Waals surface area contributed by atoms with Crippen LogP contribution in [0.2, 0.25) is 0 Å². The van der Waals surface area contributed by atoms with Gasteiger partial charge in [-0.25, -0.2) is 8.42 Å². The van der Waals surface area contributed by atoms with Crippen molar-refractivity contribution in [2.75, 3.05) is 24.5 Å². The van der Waals surface area contributed by atoms with Crippen molar-refractivity contribution in [3.63, 3.8) is 0 Å². The Morgan fingerprint density at radius 2 is 1.77 bits per heavy atom. The summed E-state index contributed by atoms with van der Waals surface area (Å²) in [7, 11) is -2.18. The molecule has 3 aromatic rings. The molecule has 0 aliphatic carbocycles. The third-order valence-electron chi connectivity index (χ3n) is 4.75. The molecule has 0 radical (unpaired) electrons. The van der Waals surface area contributed by atoms with Crippen LogP contribution in [-0.2, 0) is 21.4 Å². The van der Waals surface area contributed by atoms with Gasteiger partial charge in [-0.1, -0.05) is 17.7 Å². The first-order chi connectivity index (χ1) is 14.9. The second-order valence-corrected chi connectivity index (χ2v) is 9.04. The number of sulfonamides is 1. The lowest BCUT2D eigenvalue weighted by Gasteiger charge is -2.20. The molecular formula is C23H26N2O5S. The highest BCUT2D eigenvalue weighted by molar-refractivity contribution is 7.92. The predicted molar refractivity (Wildman–Crippen MR) is 119 cm³/mol. The van der Waals surface area contributed by atoms with Crippen molar-refractivity contribution in [3.05, 3.63) is 83.8 Å². The number of nitrogens with zero attached hydrogens (tertiary/aromatic N) is 1. The Balaban J connectivity index is 1.49. The summed E-state index contributed by atoms with van der Waals surface area (Å²) in [5.74, 6) is 0.542. The summed E-state index contributed by atoms with van der Waals surface area (Å²) in [5, 5.41) is 2.83. The van der Waals surface area contributed by atoms with Crippen molar-refractivity contribution in [1.29, 1.82) is 0 Å². The summed E-state index contributed by atoms with van der Waals surface area (Å²) in [6, 6.07) is 16.8. The zero-order valence-corrected chi connectivity index (χ0v) is 18.4. The number of nitrogens with one attached hydrogen (secondary N) is 1. The van der Waals surface area contributed by atoms with Gasteiger partial charge < -0.3 is 14.5 Å². The SMILES string of the molecule is Cc1ccc(S(=O)(=O)N(C)c2ccc(C(=O)NCCCOCc3ccco3)cc2)cc1. The summed E-state index contributed by atoms with van der Waals surface area (Å²) >= 11 is 0. The average molecular weight is 443 g/mol. The van der Waals surface area contributed by atoms with Crippen LogP contribution in [0, 0.1) is 6.92 Å². The van der Waals surface area contributed by atoms with Crippen LogP contribution < -0.4 is 9.62 Å². The third-order valence-corrected chi connectivity index (χ3v) is 6.55. The smallest absolute Gasteiger partial charge is 0.264 e. The van der Waals surface area contributed by atoms with E-state index in [1.165, 1.54) is 11.4 Å². The van der Waals surface area contributed by atoms with Crippen molar-refractivity contribution in [2.45, 2.75) is 24.8 Å². The first-order valence-corrected chi connectivity index (χ1v) is 11.4. The summed E-state index contributed by atoms with van der Waals surface area (Å²) in [5.41, 5.74) is 1.92. The van der Waals surface area contributed by atoms with Gasteiger partial charge in [0.05, 0.1) is 16.8 Å². The van der Waals surface area contributed by atoms with Gasteiger partial charge in [0.25, 0.3) is 15.9 Å². The topological polar surface area (TPSA) is 88.9 Å². The number of furan rings is 1. The summed E-state index contributed by atoms with van der Waals surface area (Å²) in [4.78, 5) is 12.5. The van der Waals surface area contributed by atoms with Crippen molar-refractivity contribution in [3.8, 4) is 0 Å². The molecule has 1 aromatic heterocycles. The maximum Gasteiger partial charge on any atom is 0.264 e. The normalized spacial score (nSPS) is 11.3. The van der Waals surface area contributed by atoms with Gasteiger partial charge in [-0.05, 0) is 61.9 Å². The second-order valence-electron chi connectivity index (χ2n) is 7.07. The lowest BCUT2D eigenvalue weighted by molar-refractivity contribution is 0.0917. The molecule has 1 amide bonds. The van der Waals surface area contributed by atoms with Crippen molar-refractivity contribution < 1.29 is 22.4 Å². The minimum Gasteiger partial charge on any atom is -0.467 e. The molecule has 1 N–H and O–H groups in total. The van der Waals surface area contributed by atoms with Gasteiger partial charge in [0.1, 0.15) is 12.4 Å². The standard InChI is InChI=1S/C23H26N2O5S/c1-18-6-12-22(13-7-18)31(27,28)25(2)20-10-8-19(9-11-20)23(26)24-14-4-15-29-17-21-5-3-16-30-21/h3,5-13,16H,4,14-15,17H2,1-2H3,(H,24,26). The Morgan fingerprint density at radius 1 is 1.06 bits per heavy atom. The summed E-state index contributed by atoms with van der Waals surface area (Å²) < 4.78 is 37.4. The van der Waals surface area contributed by atoms with E-state index in [4.69, 9.17) is 9.15 Å². The number of carbonyl (C=O) groups excluding carboxylic acids is 1. The summed E-state index contributed by atoms with van der Waals surface area (Å²) in [6.45, 7) is 3.28. The Hall–Kier alpha value is -3.10. The number of hydrogen-bond donors (Lipinski definition) is 1. The van der Waals surface area contributed by atoms with E-state index in [9.17, 15) is 13.2 Å². The molecule has 164 valence electrons. The van der Waals surface area contributed by atoms with Crippen LogP contribution in [-0.4, -0.2) is 34.5 Å². The van der Waals surface area contributed by atoms with Gasteiger partial charge in [0.15, 0.2) is 0 Å². The van der Waals surface area contributed by atoms with E-state index in [1.54, 1.807) is 60.9 Å². The van der Waals surface area contributed by atoms with E-state index >= 15 is 0 Å². The lowest BCUT2D eigenvalue weighted by atomic mass is 10.2. The number of amides is 1. The fourth-order valence-electron chi connectivity index (χ4n) is 2.88. The highest BCUT2D eigenvalue weighted by Gasteiger charge is 2.21. The van der Waals surface area contributed by atoms with Gasteiger partial charge in [0.2, 0.25) is 0 Å². The lowest BCUT2D eigenvalue weighted by Crippen LogP contribution is -2.27. The van der Waals surface area contributed by atoms with Crippen LogP contribution in [0.3, 0.4) is 0 Å². The molecular weight excluding hydrogens is 416 g/mol. The minimum absolute atomic E-state index is 0.219. The van der Waals surface area contributed by atoms with Crippen LogP contribution in [0.15, 0.2) is 76.2 Å². The minimum atomic E-state index is -3.67. The molecule has 31 heavy (non-hydrogen) atoms. The molecule has 8 heteroatoms. The number of aryl methyl sites for hydroxylation is 1. The van der Waals surface area contributed by atoms with Gasteiger partial charge in [-0.2, -0.15) is 0 Å². The molecule has 0 saturated carbocycles. The van der Waals surface area contributed by atoms with E-state index in [1.807, 2.05) is 13.0 Å². The highest BCUT2D eigenvalue weighted by atomic mass is 32.2. The van der Waals surface area contributed by atoms with E-state index in [0.29, 0.717) is 37.4 Å². The number of anilines is 1. The van der Waals surface area contributed by atoms with Crippen molar-refractivity contribution in [1.82, 2.24) is 5.32 Å². The van der Waals surface area contributed by atoms with Gasteiger partial charge in [0, 0.05) is 25.8 Å². The molecule has 0 fully saturated rings. The molecule has 0 bridgehead atoms. The monoisotopic (exact) mass is 442 g/mol.